The summed E-state index contributed by atoms with van der Waals surface area (Å²) in [6.45, 7) is 0. The van der Waals surface area contributed by atoms with E-state index in [1.807, 2.05) is 0 Å². The molecule has 4 nitrogen and oxygen atoms in total. The van der Waals surface area contributed by atoms with Crippen LogP contribution in [0.2, 0.25) is 0 Å². The molecule has 1 fully saturated rings. The van der Waals surface area contributed by atoms with Gasteiger partial charge in [0.2, 0.25) is 0 Å². The predicted octanol–water partition coefficient (Wildman–Crippen LogP) is 1.88. The molecule has 5 heteroatoms. The van der Waals surface area contributed by atoms with Crippen LogP contribution < -0.4 is 0 Å². The van der Waals surface area contributed by atoms with Crippen LogP contribution in [0.1, 0.15) is 44.9 Å². The van der Waals surface area contributed by atoms with Gasteiger partial charge in [-0.1, -0.05) is 19.3 Å². The predicted molar refractivity (Wildman–Crippen MR) is 50.0 cm³/mol. The molecule has 0 aromatic rings. The first-order chi connectivity index (χ1) is 6.54. The SMILES string of the molecule is O=C(O)CC1(CC(=O)O)CCCCC1.[Ag]. The number of hydrogen-bond acceptors (Lipinski definition) is 2. The molecule has 0 spiro atoms. The Balaban J connectivity index is 0.00000196. The van der Waals surface area contributed by atoms with Crippen LogP contribution in [0.3, 0.4) is 0 Å². The monoisotopic (exact) mass is 307 g/mol. The quantitative estimate of drug-likeness (QED) is 0.778. The molecule has 2 N–H and O–H groups in total. The maximum Gasteiger partial charge on any atom is 0.303 e. The fourth-order valence-electron chi connectivity index (χ4n) is 2.36. The Kier molecular flexibility index (Phi) is 6.17. The Morgan fingerprint density at radius 1 is 0.933 bits per heavy atom. The summed E-state index contributed by atoms with van der Waals surface area (Å²) in [5.74, 6) is -1.76. The van der Waals surface area contributed by atoms with Gasteiger partial charge < -0.3 is 10.2 Å². The van der Waals surface area contributed by atoms with Crippen molar-refractivity contribution in [2.75, 3.05) is 0 Å². The fraction of sp³-hybridized carbons (Fsp3) is 0.800. The second-order valence-corrected chi connectivity index (χ2v) is 4.20. The van der Waals surface area contributed by atoms with E-state index in [9.17, 15) is 9.59 Å². The van der Waals surface area contributed by atoms with Crippen molar-refractivity contribution in [2.24, 2.45) is 5.41 Å². The van der Waals surface area contributed by atoms with E-state index in [-0.39, 0.29) is 35.2 Å². The van der Waals surface area contributed by atoms with Gasteiger partial charge in [0.25, 0.3) is 0 Å². The van der Waals surface area contributed by atoms with E-state index in [2.05, 4.69) is 0 Å². The Labute approximate surface area is 105 Å². The topological polar surface area (TPSA) is 74.6 Å². The van der Waals surface area contributed by atoms with Crippen LogP contribution in [0.15, 0.2) is 0 Å². The van der Waals surface area contributed by atoms with Gasteiger partial charge in [-0.25, -0.2) is 0 Å². The first-order valence-electron chi connectivity index (χ1n) is 4.98. The van der Waals surface area contributed by atoms with Crippen LogP contribution in [0.25, 0.3) is 0 Å². The van der Waals surface area contributed by atoms with Crippen molar-refractivity contribution in [1.82, 2.24) is 0 Å². The van der Waals surface area contributed by atoms with Crippen LogP contribution in [-0.4, -0.2) is 22.2 Å². The largest absolute Gasteiger partial charge is 0.481 e. The molecule has 0 bridgehead atoms. The van der Waals surface area contributed by atoms with Gasteiger partial charge >= 0.3 is 11.9 Å². The number of carbonyl (C=O) groups is 2. The van der Waals surface area contributed by atoms with Gasteiger partial charge in [0.05, 0.1) is 12.8 Å². The van der Waals surface area contributed by atoms with Crippen molar-refractivity contribution >= 4 is 11.9 Å². The van der Waals surface area contributed by atoms with Gasteiger partial charge in [-0.15, -0.1) is 0 Å². The molecule has 1 rings (SSSR count). The summed E-state index contributed by atoms with van der Waals surface area (Å²) in [6, 6.07) is 0. The Morgan fingerprint density at radius 2 is 1.33 bits per heavy atom. The molecule has 0 heterocycles. The summed E-state index contributed by atoms with van der Waals surface area (Å²) >= 11 is 0. The average Bonchev–Trinajstić information content (AvgIpc) is 2.01. The van der Waals surface area contributed by atoms with E-state index in [0.717, 1.165) is 32.1 Å². The van der Waals surface area contributed by atoms with Crippen molar-refractivity contribution in [1.29, 1.82) is 0 Å². The molecule has 0 aromatic carbocycles. The minimum Gasteiger partial charge on any atom is -0.481 e. The third-order valence-corrected chi connectivity index (χ3v) is 2.97. The first-order valence-corrected chi connectivity index (χ1v) is 4.98. The van der Waals surface area contributed by atoms with Gasteiger partial charge in [-0.05, 0) is 18.3 Å². The van der Waals surface area contributed by atoms with E-state index in [4.69, 9.17) is 10.2 Å². The van der Waals surface area contributed by atoms with E-state index in [1.54, 1.807) is 0 Å². The number of rotatable bonds is 4. The molecule has 0 amide bonds. The van der Waals surface area contributed by atoms with Crippen LogP contribution in [0.5, 0.6) is 0 Å². The minimum absolute atomic E-state index is 0. The zero-order valence-electron chi connectivity index (χ0n) is 8.46. The standard InChI is InChI=1S/C10H16O4.Ag/c11-8(12)6-10(7-9(13)14)4-2-1-3-5-10;/h1-7H2,(H,11,12)(H,13,14);. The molecular formula is C10H16AgO4. The van der Waals surface area contributed by atoms with Gasteiger partial charge in [0.1, 0.15) is 0 Å². The number of carboxylic acids is 2. The molecule has 1 aliphatic rings. The first kappa shape index (κ1) is 14.7. The number of aliphatic carboxylic acids is 2. The van der Waals surface area contributed by atoms with Crippen LogP contribution >= 0.6 is 0 Å². The molecule has 0 atom stereocenters. The second-order valence-electron chi connectivity index (χ2n) is 4.20. The number of carboxylic acid groups (broad SMARTS) is 2. The Morgan fingerprint density at radius 3 is 1.67 bits per heavy atom. The third-order valence-electron chi connectivity index (χ3n) is 2.97. The van der Waals surface area contributed by atoms with E-state index in [1.165, 1.54) is 0 Å². The summed E-state index contributed by atoms with van der Waals surface area (Å²) in [4.78, 5) is 21.3. The Hall–Kier alpha value is -0.320. The van der Waals surface area contributed by atoms with Gasteiger partial charge in [0, 0.05) is 22.4 Å². The van der Waals surface area contributed by atoms with E-state index in [0.29, 0.717) is 0 Å². The maximum atomic E-state index is 10.7. The van der Waals surface area contributed by atoms with Crippen LogP contribution in [0, 0.1) is 5.41 Å². The molecule has 1 aliphatic carbocycles. The van der Waals surface area contributed by atoms with E-state index < -0.39 is 17.4 Å². The van der Waals surface area contributed by atoms with Crippen LogP contribution in [-0.2, 0) is 32.0 Å². The smallest absolute Gasteiger partial charge is 0.303 e. The summed E-state index contributed by atoms with van der Waals surface area (Å²) < 4.78 is 0. The molecule has 1 radical (unpaired) electrons. The number of hydrogen-bond donors (Lipinski definition) is 2. The third kappa shape index (κ3) is 4.82. The molecule has 0 aliphatic heterocycles. The summed E-state index contributed by atoms with van der Waals surface area (Å²) in [5.41, 5.74) is -0.476. The average molecular weight is 308 g/mol. The van der Waals surface area contributed by atoms with Crippen molar-refractivity contribution in [3.8, 4) is 0 Å². The molecule has 91 valence electrons. The van der Waals surface area contributed by atoms with Gasteiger partial charge in [0.15, 0.2) is 0 Å². The Bertz CT molecular complexity index is 216. The zero-order valence-corrected chi connectivity index (χ0v) is 9.94. The van der Waals surface area contributed by atoms with Gasteiger partial charge in [-0.3, -0.25) is 9.59 Å². The summed E-state index contributed by atoms with van der Waals surface area (Å²) in [7, 11) is 0. The molecule has 0 aromatic heterocycles. The van der Waals surface area contributed by atoms with Crippen LogP contribution in [0.4, 0.5) is 0 Å². The van der Waals surface area contributed by atoms with Crippen molar-refractivity contribution in [3.63, 3.8) is 0 Å². The fourth-order valence-corrected chi connectivity index (χ4v) is 2.36. The molecule has 1 saturated carbocycles. The minimum atomic E-state index is -0.881. The zero-order chi connectivity index (χ0) is 10.6. The normalized spacial score (nSPS) is 18.9. The van der Waals surface area contributed by atoms with Crippen molar-refractivity contribution in [3.05, 3.63) is 0 Å². The summed E-state index contributed by atoms with van der Waals surface area (Å²) in [5, 5.41) is 17.5. The molecule has 15 heavy (non-hydrogen) atoms. The molecule has 0 saturated heterocycles. The van der Waals surface area contributed by atoms with Crippen molar-refractivity contribution < 1.29 is 42.2 Å². The van der Waals surface area contributed by atoms with Crippen molar-refractivity contribution in [2.45, 2.75) is 44.9 Å². The van der Waals surface area contributed by atoms with Gasteiger partial charge in [-0.2, -0.15) is 0 Å². The maximum absolute atomic E-state index is 10.7. The van der Waals surface area contributed by atoms with E-state index >= 15 is 0 Å². The molecule has 0 unspecified atom stereocenters. The second kappa shape index (κ2) is 6.30. The molecular weight excluding hydrogens is 292 g/mol. The summed E-state index contributed by atoms with van der Waals surface area (Å²) in [6.07, 6.45) is 4.50.